The number of aromatic nitrogens is 2. The summed E-state index contributed by atoms with van der Waals surface area (Å²) in [6, 6.07) is -0.982. The van der Waals surface area contributed by atoms with Crippen LogP contribution in [0.3, 0.4) is 0 Å². The van der Waals surface area contributed by atoms with Crippen molar-refractivity contribution in [1.82, 2.24) is 20.2 Å². The third-order valence-electron chi connectivity index (χ3n) is 3.65. The van der Waals surface area contributed by atoms with Crippen LogP contribution in [0.25, 0.3) is 0 Å². The zero-order chi connectivity index (χ0) is 17.1. The second-order valence-electron chi connectivity index (χ2n) is 5.65. The Labute approximate surface area is 133 Å². The Kier molecular flexibility index (Phi) is 4.99. The number of hydrogen-bond donors (Lipinski definition) is 3. The molecule has 1 aromatic rings. The van der Waals surface area contributed by atoms with Gasteiger partial charge in [0.1, 0.15) is 6.04 Å². The molecule has 0 unspecified atom stereocenters. The highest BCUT2D eigenvalue weighted by molar-refractivity contribution is 5.87. The largest absolute Gasteiger partial charge is 0.394 e. The van der Waals surface area contributed by atoms with Gasteiger partial charge in [-0.05, 0) is 6.42 Å². The predicted octanol–water partition coefficient (Wildman–Crippen LogP) is -1.78. The maximum absolute atomic E-state index is 12.4. The first-order chi connectivity index (χ1) is 10.8. The number of aromatic amines is 1. The first kappa shape index (κ1) is 16.9. The van der Waals surface area contributed by atoms with Crippen molar-refractivity contribution in [1.29, 1.82) is 0 Å². The number of nitrogens with zero attached hydrogens (tertiary/aromatic N) is 3. The van der Waals surface area contributed by atoms with Gasteiger partial charge < -0.3 is 20.2 Å². The molecule has 0 bridgehead atoms. The number of carbonyl (C=O) groups is 2. The van der Waals surface area contributed by atoms with Gasteiger partial charge in [-0.1, -0.05) is 0 Å². The van der Waals surface area contributed by atoms with E-state index in [0.717, 1.165) is 0 Å². The molecule has 1 aliphatic heterocycles. The Bertz CT molecular complexity index is 670. The predicted molar refractivity (Wildman–Crippen MR) is 83.0 cm³/mol. The minimum absolute atomic E-state index is 0.176. The summed E-state index contributed by atoms with van der Waals surface area (Å²) >= 11 is 0. The molecule has 126 valence electrons. The van der Waals surface area contributed by atoms with E-state index in [4.69, 9.17) is 0 Å². The van der Waals surface area contributed by atoms with Crippen molar-refractivity contribution in [2.75, 3.05) is 32.1 Å². The molecule has 2 rings (SSSR count). The van der Waals surface area contributed by atoms with Crippen molar-refractivity contribution in [3.8, 4) is 0 Å². The van der Waals surface area contributed by atoms with Gasteiger partial charge in [-0.15, -0.1) is 0 Å². The lowest BCUT2D eigenvalue weighted by molar-refractivity contribution is -0.138. The van der Waals surface area contributed by atoms with Crippen molar-refractivity contribution >= 4 is 17.8 Å². The fraction of sp³-hybridized carbons (Fsp3) is 0.571. The lowest BCUT2D eigenvalue weighted by atomic mass is 10.1. The van der Waals surface area contributed by atoms with E-state index in [2.05, 4.69) is 15.3 Å². The van der Waals surface area contributed by atoms with Crippen molar-refractivity contribution in [2.45, 2.75) is 25.9 Å². The lowest BCUT2D eigenvalue weighted by Gasteiger charge is -2.31. The molecule has 0 saturated heterocycles. The van der Waals surface area contributed by atoms with Gasteiger partial charge in [-0.3, -0.25) is 19.4 Å². The van der Waals surface area contributed by atoms with E-state index in [-0.39, 0.29) is 23.9 Å². The monoisotopic (exact) mass is 323 g/mol. The van der Waals surface area contributed by atoms with Crippen LogP contribution in [0.4, 0.5) is 5.95 Å². The summed E-state index contributed by atoms with van der Waals surface area (Å²) in [5.74, 6) is -0.357. The maximum Gasteiger partial charge on any atom is 0.255 e. The Hall–Kier alpha value is -2.42. The van der Waals surface area contributed by atoms with E-state index in [1.54, 1.807) is 19.0 Å². The van der Waals surface area contributed by atoms with Crippen LogP contribution in [0.1, 0.15) is 18.2 Å². The Morgan fingerprint density at radius 1 is 1.48 bits per heavy atom. The number of aliphatic hydroxyl groups is 1. The van der Waals surface area contributed by atoms with Gasteiger partial charge in [-0.25, -0.2) is 4.98 Å². The van der Waals surface area contributed by atoms with Crippen LogP contribution in [0.2, 0.25) is 0 Å². The van der Waals surface area contributed by atoms with E-state index in [1.807, 2.05) is 0 Å². The average molecular weight is 323 g/mol. The molecule has 1 aromatic heterocycles. The summed E-state index contributed by atoms with van der Waals surface area (Å²) in [5.41, 5.74) is 0.905. The number of anilines is 1. The fourth-order valence-corrected chi connectivity index (χ4v) is 2.48. The molecular weight excluding hydrogens is 302 g/mol. The van der Waals surface area contributed by atoms with E-state index >= 15 is 0 Å². The summed E-state index contributed by atoms with van der Waals surface area (Å²) in [6.07, 6.45) is 0.384. The van der Waals surface area contributed by atoms with Gasteiger partial charge in [0.15, 0.2) is 0 Å². The van der Waals surface area contributed by atoms with Crippen LogP contribution in [0, 0.1) is 0 Å². The second-order valence-corrected chi connectivity index (χ2v) is 5.65. The first-order valence-corrected chi connectivity index (χ1v) is 7.29. The number of rotatable bonds is 4. The van der Waals surface area contributed by atoms with E-state index in [9.17, 15) is 19.5 Å². The molecule has 3 N–H and O–H groups in total. The van der Waals surface area contributed by atoms with Crippen molar-refractivity contribution < 1.29 is 14.7 Å². The zero-order valence-corrected chi connectivity index (χ0v) is 13.4. The van der Waals surface area contributed by atoms with Crippen molar-refractivity contribution in [3.05, 3.63) is 21.6 Å². The molecule has 0 aliphatic carbocycles. The van der Waals surface area contributed by atoms with E-state index in [0.29, 0.717) is 30.2 Å². The molecule has 1 aliphatic rings. The van der Waals surface area contributed by atoms with Gasteiger partial charge in [-0.2, -0.15) is 0 Å². The Morgan fingerprint density at radius 2 is 2.17 bits per heavy atom. The van der Waals surface area contributed by atoms with Crippen molar-refractivity contribution in [3.63, 3.8) is 0 Å². The number of nitrogens with one attached hydrogen (secondary N) is 2. The second kappa shape index (κ2) is 6.78. The molecule has 0 fully saturated rings. The molecule has 9 heteroatoms. The Morgan fingerprint density at radius 3 is 2.74 bits per heavy atom. The molecule has 0 saturated carbocycles. The molecule has 0 aromatic carbocycles. The minimum Gasteiger partial charge on any atom is -0.394 e. The van der Waals surface area contributed by atoms with E-state index in [1.165, 1.54) is 11.8 Å². The van der Waals surface area contributed by atoms with Gasteiger partial charge in [0.2, 0.25) is 17.8 Å². The lowest BCUT2D eigenvalue weighted by Crippen LogP contribution is -2.51. The number of hydrogen-bond acceptors (Lipinski definition) is 6. The topological polar surface area (TPSA) is 119 Å². The number of H-pyrrole nitrogens is 1. The molecular formula is C14H21N5O4. The normalized spacial score (nSPS) is 14.9. The van der Waals surface area contributed by atoms with Gasteiger partial charge in [0.05, 0.1) is 18.8 Å². The summed E-state index contributed by atoms with van der Waals surface area (Å²) in [4.78, 5) is 45.8. The number of carbonyl (C=O) groups excluding carboxylic acids is 2. The highest BCUT2D eigenvalue weighted by Crippen LogP contribution is 2.16. The van der Waals surface area contributed by atoms with E-state index < -0.39 is 12.6 Å². The molecule has 0 radical (unpaired) electrons. The quantitative estimate of drug-likeness (QED) is 0.603. The van der Waals surface area contributed by atoms with Crippen LogP contribution in [-0.4, -0.2) is 65.1 Å². The highest BCUT2D eigenvalue weighted by Gasteiger charge is 2.29. The molecule has 1 atom stereocenters. The molecule has 9 nitrogen and oxygen atoms in total. The summed E-state index contributed by atoms with van der Waals surface area (Å²) in [7, 11) is 3.52. The van der Waals surface area contributed by atoms with Crippen LogP contribution >= 0.6 is 0 Å². The van der Waals surface area contributed by atoms with Gasteiger partial charge in [0, 0.05) is 33.1 Å². The van der Waals surface area contributed by atoms with Gasteiger partial charge in [0.25, 0.3) is 5.56 Å². The molecule has 2 heterocycles. The highest BCUT2D eigenvalue weighted by atomic mass is 16.3. The first-order valence-electron chi connectivity index (χ1n) is 7.29. The summed E-state index contributed by atoms with van der Waals surface area (Å²) in [5, 5.41) is 11.7. The van der Waals surface area contributed by atoms with Crippen LogP contribution in [-0.2, 0) is 22.6 Å². The van der Waals surface area contributed by atoms with Crippen LogP contribution in [0.5, 0.6) is 0 Å². The minimum atomic E-state index is -0.982. The molecule has 2 amide bonds. The van der Waals surface area contributed by atoms with Crippen molar-refractivity contribution in [2.24, 2.45) is 0 Å². The standard InChI is InChI=1S/C14H21N5O4/c1-8(21)15-11(7-20)13(23)19-5-4-9-10(6-19)16-14(18(2)3)17-12(9)22/h11,20H,4-7H2,1-3H3,(H,15,21)(H,16,17,22)/t11-/m1/s1. The third-order valence-corrected chi connectivity index (χ3v) is 3.65. The maximum atomic E-state index is 12.4. The van der Waals surface area contributed by atoms with Crippen LogP contribution in [0.15, 0.2) is 4.79 Å². The number of amides is 2. The number of fused-ring (bicyclic) bond motifs is 1. The SMILES string of the molecule is CC(=O)N[C@H](CO)C(=O)N1CCc2c(nc(N(C)C)[nH]c2=O)C1. The smallest absolute Gasteiger partial charge is 0.255 e. The summed E-state index contributed by atoms with van der Waals surface area (Å²) < 4.78 is 0. The average Bonchev–Trinajstić information content (AvgIpc) is 2.51. The molecule has 23 heavy (non-hydrogen) atoms. The fourth-order valence-electron chi connectivity index (χ4n) is 2.48. The third kappa shape index (κ3) is 3.67. The molecule has 0 spiro atoms. The summed E-state index contributed by atoms with van der Waals surface area (Å²) in [6.45, 7) is 1.32. The van der Waals surface area contributed by atoms with Gasteiger partial charge >= 0.3 is 0 Å². The number of aliphatic hydroxyl groups excluding tert-OH is 1. The Balaban J connectivity index is 2.23. The van der Waals surface area contributed by atoms with Crippen LogP contribution < -0.4 is 15.8 Å². The zero-order valence-electron chi connectivity index (χ0n) is 13.4.